The van der Waals surface area contributed by atoms with Crippen LogP contribution in [-0.4, -0.2) is 4.57 Å². The summed E-state index contributed by atoms with van der Waals surface area (Å²) in [4.78, 5) is 11.4. The Kier molecular flexibility index (Phi) is 3.07. The molecule has 7 heteroatoms. The molecular weight excluding hydrogens is 269 g/mol. The first-order valence-electron chi connectivity index (χ1n) is 5.21. The number of hydrogen-bond acceptors (Lipinski definition) is 1. The van der Waals surface area contributed by atoms with Gasteiger partial charge in [-0.3, -0.25) is 4.79 Å². The molecule has 2 rings (SSSR count). The van der Waals surface area contributed by atoms with E-state index in [2.05, 4.69) is 0 Å². The molecule has 1 heterocycles. The van der Waals surface area contributed by atoms with Crippen LogP contribution in [0.2, 0.25) is 0 Å². The third kappa shape index (κ3) is 2.32. The van der Waals surface area contributed by atoms with Gasteiger partial charge in [-0.1, -0.05) is 0 Å². The standard InChI is InChI=1S/C12H8F5NO/c1-18-9-3-2-6(12(15,16)17)4-7(9)8(11(13)14)5-10(18)19/h2-5,11H,1H3. The molecule has 0 radical (unpaired) electrons. The van der Waals surface area contributed by atoms with Crippen LogP contribution in [0.1, 0.15) is 17.6 Å². The summed E-state index contributed by atoms with van der Waals surface area (Å²) in [6.45, 7) is 0. The van der Waals surface area contributed by atoms with Crippen molar-refractivity contribution in [2.75, 3.05) is 0 Å². The van der Waals surface area contributed by atoms with E-state index in [0.29, 0.717) is 12.1 Å². The summed E-state index contributed by atoms with van der Waals surface area (Å²) in [6.07, 6.45) is -7.64. The normalized spacial score (nSPS) is 12.4. The van der Waals surface area contributed by atoms with Gasteiger partial charge < -0.3 is 4.57 Å². The van der Waals surface area contributed by atoms with E-state index in [1.807, 2.05) is 0 Å². The molecule has 0 aliphatic rings. The van der Waals surface area contributed by atoms with E-state index < -0.39 is 29.3 Å². The summed E-state index contributed by atoms with van der Waals surface area (Å²) in [5.41, 5.74) is -2.37. The smallest absolute Gasteiger partial charge is 0.311 e. The lowest BCUT2D eigenvalue weighted by Crippen LogP contribution is -2.18. The number of halogens is 5. The summed E-state index contributed by atoms with van der Waals surface area (Å²) in [5, 5.41) is -0.271. The molecule has 1 aromatic carbocycles. The first-order chi connectivity index (χ1) is 8.71. The number of pyridine rings is 1. The van der Waals surface area contributed by atoms with Crippen molar-refractivity contribution < 1.29 is 22.0 Å². The minimum atomic E-state index is -4.62. The third-order valence-electron chi connectivity index (χ3n) is 2.84. The quantitative estimate of drug-likeness (QED) is 0.731. The first-order valence-corrected chi connectivity index (χ1v) is 5.21. The van der Waals surface area contributed by atoms with Gasteiger partial charge in [-0.2, -0.15) is 13.2 Å². The number of benzene rings is 1. The van der Waals surface area contributed by atoms with Crippen molar-refractivity contribution in [3.8, 4) is 0 Å². The fourth-order valence-corrected chi connectivity index (χ4v) is 1.84. The van der Waals surface area contributed by atoms with E-state index in [1.54, 1.807) is 0 Å². The second kappa shape index (κ2) is 4.32. The number of aryl methyl sites for hydroxylation is 1. The lowest BCUT2D eigenvalue weighted by atomic mass is 10.1. The maximum Gasteiger partial charge on any atom is 0.416 e. The molecular formula is C12H8F5NO. The molecule has 0 N–H and O–H groups in total. The van der Waals surface area contributed by atoms with Gasteiger partial charge in [0.15, 0.2) is 0 Å². The number of rotatable bonds is 1. The minimum Gasteiger partial charge on any atom is -0.311 e. The predicted molar refractivity (Wildman–Crippen MR) is 59.1 cm³/mol. The van der Waals surface area contributed by atoms with Crippen LogP contribution in [0.25, 0.3) is 10.9 Å². The van der Waals surface area contributed by atoms with Crippen LogP contribution in [0.4, 0.5) is 22.0 Å². The predicted octanol–water partition coefficient (Wildman–Crippen LogP) is 3.49. The number of nitrogens with zero attached hydrogens (tertiary/aromatic N) is 1. The molecule has 102 valence electrons. The van der Waals surface area contributed by atoms with Crippen LogP contribution in [-0.2, 0) is 13.2 Å². The van der Waals surface area contributed by atoms with Crippen LogP contribution in [0.3, 0.4) is 0 Å². The Morgan fingerprint density at radius 3 is 2.32 bits per heavy atom. The summed E-state index contributed by atoms with van der Waals surface area (Å²) in [5.74, 6) is 0. The largest absolute Gasteiger partial charge is 0.416 e. The zero-order chi connectivity index (χ0) is 14.4. The highest BCUT2D eigenvalue weighted by atomic mass is 19.4. The van der Waals surface area contributed by atoms with Crippen molar-refractivity contribution in [2.24, 2.45) is 7.05 Å². The summed E-state index contributed by atoms with van der Waals surface area (Å²) in [6, 6.07) is 3.08. The van der Waals surface area contributed by atoms with Crippen LogP contribution in [0.15, 0.2) is 29.1 Å². The van der Waals surface area contributed by atoms with Gasteiger partial charge in [-0.15, -0.1) is 0 Å². The molecule has 0 spiro atoms. The highest BCUT2D eigenvalue weighted by Gasteiger charge is 2.31. The van der Waals surface area contributed by atoms with Gasteiger partial charge in [0.1, 0.15) is 0 Å². The van der Waals surface area contributed by atoms with Crippen molar-refractivity contribution in [1.29, 1.82) is 0 Å². The number of aromatic nitrogens is 1. The number of hydrogen-bond donors (Lipinski definition) is 0. The monoisotopic (exact) mass is 277 g/mol. The molecule has 1 aromatic heterocycles. The molecule has 0 unspecified atom stereocenters. The number of fused-ring (bicyclic) bond motifs is 1. The Bertz CT molecular complexity index is 687. The molecule has 2 aromatic rings. The molecule has 0 aliphatic carbocycles. The van der Waals surface area contributed by atoms with E-state index in [-0.39, 0.29) is 10.9 Å². The molecule has 0 amide bonds. The number of alkyl halides is 5. The molecule has 0 atom stereocenters. The van der Waals surface area contributed by atoms with Crippen molar-refractivity contribution in [3.05, 3.63) is 45.7 Å². The lowest BCUT2D eigenvalue weighted by molar-refractivity contribution is -0.137. The van der Waals surface area contributed by atoms with Crippen LogP contribution >= 0.6 is 0 Å². The van der Waals surface area contributed by atoms with Crippen molar-refractivity contribution in [3.63, 3.8) is 0 Å². The molecule has 0 bridgehead atoms. The maximum atomic E-state index is 12.8. The maximum absolute atomic E-state index is 12.8. The van der Waals surface area contributed by atoms with Gasteiger partial charge in [-0.25, -0.2) is 8.78 Å². The van der Waals surface area contributed by atoms with E-state index in [9.17, 15) is 26.7 Å². The van der Waals surface area contributed by atoms with Gasteiger partial charge >= 0.3 is 6.18 Å². The molecule has 2 nitrogen and oxygen atoms in total. The minimum absolute atomic E-state index is 0.0378. The van der Waals surface area contributed by atoms with Gasteiger partial charge in [0, 0.05) is 24.1 Å². The van der Waals surface area contributed by atoms with E-state index in [4.69, 9.17) is 0 Å². The molecule has 19 heavy (non-hydrogen) atoms. The lowest BCUT2D eigenvalue weighted by Gasteiger charge is -2.12. The van der Waals surface area contributed by atoms with Gasteiger partial charge in [-0.05, 0) is 18.2 Å². The average Bonchev–Trinajstić information content (AvgIpc) is 2.31. The SMILES string of the molecule is Cn1c(=O)cc(C(F)F)c2cc(C(F)(F)F)ccc21. The zero-order valence-corrected chi connectivity index (χ0v) is 9.63. The summed E-state index contributed by atoms with van der Waals surface area (Å²) < 4.78 is 64.4. The average molecular weight is 277 g/mol. The Morgan fingerprint density at radius 1 is 1.16 bits per heavy atom. The van der Waals surface area contributed by atoms with E-state index in [0.717, 1.165) is 16.7 Å². The fourth-order valence-electron chi connectivity index (χ4n) is 1.84. The van der Waals surface area contributed by atoms with E-state index >= 15 is 0 Å². The second-order valence-electron chi connectivity index (χ2n) is 4.03. The Labute approximate surface area is 104 Å². The Hall–Kier alpha value is -1.92. The molecule has 0 aliphatic heterocycles. The highest BCUT2D eigenvalue weighted by Crippen LogP contribution is 2.33. The van der Waals surface area contributed by atoms with Crippen LogP contribution < -0.4 is 5.56 Å². The third-order valence-corrected chi connectivity index (χ3v) is 2.84. The van der Waals surface area contributed by atoms with Crippen molar-refractivity contribution >= 4 is 10.9 Å². The molecule has 0 saturated heterocycles. The highest BCUT2D eigenvalue weighted by molar-refractivity contribution is 5.83. The van der Waals surface area contributed by atoms with Crippen molar-refractivity contribution in [2.45, 2.75) is 12.6 Å². The zero-order valence-electron chi connectivity index (χ0n) is 9.63. The second-order valence-corrected chi connectivity index (χ2v) is 4.03. The van der Waals surface area contributed by atoms with Gasteiger partial charge in [0.2, 0.25) is 0 Å². The Balaban J connectivity index is 2.87. The van der Waals surface area contributed by atoms with Crippen LogP contribution in [0.5, 0.6) is 0 Å². The Morgan fingerprint density at radius 2 is 1.79 bits per heavy atom. The van der Waals surface area contributed by atoms with E-state index in [1.165, 1.54) is 7.05 Å². The fraction of sp³-hybridized carbons (Fsp3) is 0.250. The van der Waals surface area contributed by atoms with Crippen molar-refractivity contribution in [1.82, 2.24) is 4.57 Å². The summed E-state index contributed by atoms with van der Waals surface area (Å²) >= 11 is 0. The topological polar surface area (TPSA) is 22.0 Å². The van der Waals surface area contributed by atoms with Gasteiger partial charge in [0.25, 0.3) is 12.0 Å². The summed E-state index contributed by atoms with van der Waals surface area (Å²) in [7, 11) is 1.31. The molecule has 0 fully saturated rings. The first kappa shape index (κ1) is 13.5. The van der Waals surface area contributed by atoms with Gasteiger partial charge in [0.05, 0.1) is 11.1 Å². The van der Waals surface area contributed by atoms with Crippen LogP contribution in [0, 0.1) is 0 Å². The molecule has 0 saturated carbocycles.